The molecule has 0 aromatic heterocycles. The van der Waals surface area contributed by atoms with E-state index < -0.39 is 28.9 Å². The van der Waals surface area contributed by atoms with Crippen molar-refractivity contribution in [2.24, 2.45) is 0 Å². The topological polar surface area (TPSA) is 84.0 Å². The van der Waals surface area contributed by atoms with Gasteiger partial charge >= 0.3 is 5.97 Å². The van der Waals surface area contributed by atoms with Crippen LogP contribution in [0, 0.1) is 0 Å². The molecule has 0 saturated carbocycles. The molecule has 1 unspecified atom stereocenters. The van der Waals surface area contributed by atoms with Crippen LogP contribution in [0.3, 0.4) is 0 Å². The lowest BCUT2D eigenvalue weighted by Gasteiger charge is -2.52. The Kier molecular flexibility index (Phi) is 6.35. The summed E-state index contributed by atoms with van der Waals surface area (Å²) in [6, 6.07) is 27.7. The molecule has 3 heterocycles. The van der Waals surface area contributed by atoms with Crippen molar-refractivity contribution in [3.05, 3.63) is 119 Å². The summed E-state index contributed by atoms with van der Waals surface area (Å²) in [4.78, 5) is 54.9. The zero-order valence-corrected chi connectivity index (χ0v) is 22.1. The van der Waals surface area contributed by atoms with E-state index >= 15 is 0 Å². The molecule has 2 atom stereocenters. The molecule has 3 aromatic rings. The number of esters is 1. The lowest BCUT2D eigenvalue weighted by atomic mass is 9.80. The number of rotatable bonds is 6. The molecule has 2 fully saturated rings. The lowest BCUT2D eigenvalue weighted by Crippen LogP contribution is -2.71. The molecule has 2 saturated heterocycles. The molecule has 39 heavy (non-hydrogen) atoms. The molecule has 0 aliphatic carbocycles. The predicted octanol–water partition coefficient (Wildman–Crippen LogP) is 4.23. The first kappa shape index (κ1) is 25.1. The number of hydrogen-bond acceptors (Lipinski definition) is 6. The highest BCUT2D eigenvalue weighted by molar-refractivity contribution is 8.00. The Hall–Kier alpha value is -4.17. The number of ether oxygens (including phenoxy) is 1. The first-order valence-corrected chi connectivity index (χ1v) is 13.9. The Balaban J connectivity index is 1.42. The maximum absolute atomic E-state index is 14.2. The summed E-state index contributed by atoms with van der Waals surface area (Å²) < 4.78 is 6.56. The van der Waals surface area contributed by atoms with E-state index in [0.29, 0.717) is 11.3 Å². The maximum Gasteiger partial charge on any atom is 0.356 e. The standard InChI is InChI=1S/C31H26N2O5S/c1-20-19-39-29-27(32-24(34)17-18-25(32)35)28(36)33(29)26(20)30(37)38-31(21-11-5-2-6-12-21,22-13-7-3-8-14-22)23-15-9-4-10-16-23/h2-16,27,29H,17-19H2,1H3/t27?,29-/m0/s1. The summed E-state index contributed by atoms with van der Waals surface area (Å²) >= 11 is 1.45. The van der Waals surface area contributed by atoms with Crippen LogP contribution < -0.4 is 0 Å². The largest absolute Gasteiger partial charge is 0.440 e. The molecule has 196 valence electrons. The fourth-order valence-electron chi connectivity index (χ4n) is 5.63. The summed E-state index contributed by atoms with van der Waals surface area (Å²) in [5.41, 5.74) is 1.87. The SMILES string of the molecule is CC1=C(C(=O)OC(c2ccccc2)(c2ccccc2)c2ccccc2)N2C(=O)C(N3C(=O)CCC3=O)[C@@H]2SC1. The third-order valence-electron chi connectivity index (χ3n) is 7.48. The molecule has 3 amide bonds. The van der Waals surface area contributed by atoms with Crippen LogP contribution in [-0.4, -0.2) is 50.7 Å². The van der Waals surface area contributed by atoms with Crippen LogP contribution in [-0.2, 0) is 29.5 Å². The van der Waals surface area contributed by atoms with Gasteiger partial charge in [-0.3, -0.25) is 24.2 Å². The zero-order chi connectivity index (χ0) is 27.1. The van der Waals surface area contributed by atoms with Crippen molar-refractivity contribution < 1.29 is 23.9 Å². The fourth-order valence-corrected chi connectivity index (χ4v) is 6.97. The van der Waals surface area contributed by atoms with Crippen LogP contribution in [0.2, 0.25) is 0 Å². The Morgan fingerprint density at radius 3 is 1.69 bits per heavy atom. The van der Waals surface area contributed by atoms with E-state index in [1.807, 2.05) is 97.9 Å². The van der Waals surface area contributed by atoms with Gasteiger partial charge in [0.05, 0.1) is 0 Å². The molecular formula is C31H26N2O5S. The first-order chi connectivity index (χ1) is 18.9. The van der Waals surface area contributed by atoms with Gasteiger partial charge in [0.15, 0.2) is 5.60 Å². The number of thioether (sulfide) groups is 1. The Labute approximate surface area is 230 Å². The lowest BCUT2D eigenvalue weighted by molar-refractivity contribution is -0.165. The van der Waals surface area contributed by atoms with Gasteiger partial charge in [0.1, 0.15) is 17.1 Å². The minimum atomic E-state index is -1.29. The quantitative estimate of drug-likeness (QED) is 0.202. The number of carbonyl (C=O) groups is 4. The van der Waals surface area contributed by atoms with E-state index in [0.717, 1.165) is 21.6 Å². The monoisotopic (exact) mass is 538 g/mol. The summed E-state index contributed by atoms with van der Waals surface area (Å²) in [6.45, 7) is 1.81. The molecule has 8 heteroatoms. The average molecular weight is 539 g/mol. The molecule has 3 aliphatic rings. The number of imide groups is 1. The minimum absolute atomic E-state index is 0.109. The van der Waals surface area contributed by atoms with Gasteiger partial charge in [-0.15, -0.1) is 11.8 Å². The Bertz CT molecular complexity index is 1380. The van der Waals surface area contributed by atoms with Gasteiger partial charge < -0.3 is 4.74 Å². The van der Waals surface area contributed by atoms with E-state index in [4.69, 9.17) is 4.74 Å². The molecule has 3 aromatic carbocycles. The average Bonchev–Trinajstić information content (AvgIpc) is 3.30. The maximum atomic E-state index is 14.2. The first-order valence-electron chi connectivity index (χ1n) is 12.8. The van der Waals surface area contributed by atoms with Gasteiger partial charge in [0.2, 0.25) is 11.8 Å². The van der Waals surface area contributed by atoms with Crippen molar-refractivity contribution in [3.63, 3.8) is 0 Å². The second-order valence-electron chi connectivity index (χ2n) is 9.81. The fraction of sp³-hybridized carbons (Fsp3) is 0.226. The number of β-lactam (4-membered cyclic amide) rings is 1. The van der Waals surface area contributed by atoms with E-state index in [1.54, 1.807) is 0 Å². The molecule has 0 bridgehead atoms. The highest BCUT2D eigenvalue weighted by Crippen LogP contribution is 2.46. The van der Waals surface area contributed by atoms with Crippen LogP contribution in [0.25, 0.3) is 0 Å². The molecule has 0 N–H and O–H groups in total. The second-order valence-corrected chi connectivity index (χ2v) is 10.9. The summed E-state index contributed by atoms with van der Waals surface area (Å²) in [5, 5.41) is -0.519. The van der Waals surface area contributed by atoms with Gasteiger partial charge in [-0.2, -0.15) is 0 Å². The number of likely N-dealkylation sites (tertiary alicyclic amines) is 1. The van der Waals surface area contributed by atoms with Crippen molar-refractivity contribution in [1.82, 2.24) is 9.80 Å². The highest BCUT2D eigenvalue weighted by atomic mass is 32.2. The van der Waals surface area contributed by atoms with Gasteiger partial charge in [0.25, 0.3) is 5.91 Å². The van der Waals surface area contributed by atoms with Crippen LogP contribution in [0.1, 0.15) is 36.5 Å². The van der Waals surface area contributed by atoms with Crippen molar-refractivity contribution in [1.29, 1.82) is 0 Å². The molecule has 0 spiro atoms. The molecular weight excluding hydrogens is 512 g/mol. The number of nitrogens with zero attached hydrogens (tertiary/aromatic N) is 2. The predicted molar refractivity (Wildman–Crippen MR) is 146 cm³/mol. The number of benzene rings is 3. The third-order valence-corrected chi connectivity index (χ3v) is 8.89. The van der Waals surface area contributed by atoms with Crippen molar-refractivity contribution in [2.45, 2.75) is 36.8 Å². The van der Waals surface area contributed by atoms with Crippen LogP contribution in [0.5, 0.6) is 0 Å². The van der Waals surface area contributed by atoms with E-state index in [9.17, 15) is 19.2 Å². The second kappa shape index (κ2) is 9.85. The number of carbonyl (C=O) groups excluding carboxylic acids is 4. The molecule has 6 rings (SSSR count). The number of hydrogen-bond donors (Lipinski definition) is 0. The van der Waals surface area contributed by atoms with Crippen LogP contribution in [0.4, 0.5) is 0 Å². The summed E-state index contributed by atoms with van der Waals surface area (Å²) in [6.07, 6.45) is 0.217. The number of amides is 3. The Morgan fingerprint density at radius 1 is 0.769 bits per heavy atom. The smallest absolute Gasteiger partial charge is 0.356 e. The van der Waals surface area contributed by atoms with Gasteiger partial charge in [-0.05, 0) is 12.5 Å². The van der Waals surface area contributed by atoms with E-state index in [-0.39, 0.29) is 30.4 Å². The molecule has 0 radical (unpaired) electrons. The normalized spacial score (nSPS) is 21.1. The van der Waals surface area contributed by atoms with Gasteiger partial charge in [-0.1, -0.05) is 91.0 Å². The highest BCUT2D eigenvalue weighted by Gasteiger charge is 2.59. The Morgan fingerprint density at radius 2 is 1.23 bits per heavy atom. The summed E-state index contributed by atoms with van der Waals surface area (Å²) in [7, 11) is 0. The zero-order valence-electron chi connectivity index (χ0n) is 21.3. The van der Waals surface area contributed by atoms with Crippen LogP contribution >= 0.6 is 11.8 Å². The molecule has 7 nitrogen and oxygen atoms in total. The van der Waals surface area contributed by atoms with E-state index in [1.165, 1.54) is 16.7 Å². The van der Waals surface area contributed by atoms with E-state index in [2.05, 4.69) is 0 Å². The van der Waals surface area contributed by atoms with Crippen molar-refractivity contribution in [2.75, 3.05) is 5.75 Å². The summed E-state index contributed by atoms with van der Waals surface area (Å²) in [5.74, 6) is -1.29. The minimum Gasteiger partial charge on any atom is -0.440 e. The van der Waals surface area contributed by atoms with Crippen molar-refractivity contribution in [3.8, 4) is 0 Å². The third kappa shape index (κ3) is 3.98. The van der Waals surface area contributed by atoms with Crippen LogP contribution in [0.15, 0.2) is 102 Å². The molecule has 3 aliphatic heterocycles. The van der Waals surface area contributed by atoms with Gasteiger partial charge in [-0.25, -0.2) is 4.79 Å². The number of fused-ring (bicyclic) bond motifs is 1. The van der Waals surface area contributed by atoms with Crippen molar-refractivity contribution >= 4 is 35.5 Å². The van der Waals surface area contributed by atoms with Gasteiger partial charge in [0, 0.05) is 35.3 Å².